The van der Waals surface area contributed by atoms with Gasteiger partial charge in [0.2, 0.25) is 0 Å². The van der Waals surface area contributed by atoms with Crippen LogP contribution in [0, 0.1) is 18.3 Å². The Labute approximate surface area is 71.2 Å². The van der Waals surface area contributed by atoms with Crippen molar-refractivity contribution in [3.63, 3.8) is 0 Å². The zero-order valence-corrected chi connectivity index (χ0v) is 6.78. The number of hydrogen-bond acceptors (Lipinski definition) is 3. The second kappa shape index (κ2) is 3.54. The zero-order chi connectivity index (χ0) is 8.97. The average Bonchev–Trinajstić information content (AvgIpc) is 2.07. The van der Waals surface area contributed by atoms with Crippen LogP contribution in [-0.2, 0) is 0 Å². The maximum absolute atomic E-state index is 8.27. The summed E-state index contributed by atoms with van der Waals surface area (Å²) in [5, 5.41) is 8.27. The maximum Gasteiger partial charge on any atom is 0.126 e. The Bertz CT molecular complexity index is 347. The Morgan fingerprint density at radius 3 is 3.00 bits per heavy atom. The highest BCUT2D eigenvalue weighted by molar-refractivity contribution is 5.54. The molecule has 0 saturated carbocycles. The van der Waals surface area contributed by atoms with Crippen molar-refractivity contribution in [3.8, 4) is 6.07 Å². The number of aromatic nitrogens is 1. The van der Waals surface area contributed by atoms with Crippen LogP contribution in [0.2, 0.25) is 0 Å². The SMILES string of the molecule is Cc1cc(C=CC#N)cnc1N. The van der Waals surface area contributed by atoms with Crippen LogP contribution in [0.4, 0.5) is 5.82 Å². The first-order valence-corrected chi connectivity index (χ1v) is 3.52. The minimum Gasteiger partial charge on any atom is -0.383 e. The standard InChI is InChI=1S/C9H9N3/c1-7-5-8(3-2-4-10)6-12-9(7)11/h2-3,5-6H,1H3,(H2,11,12). The molecule has 1 rings (SSSR count). The van der Waals surface area contributed by atoms with Crippen LogP contribution >= 0.6 is 0 Å². The van der Waals surface area contributed by atoms with E-state index < -0.39 is 0 Å². The van der Waals surface area contributed by atoms with E-state index in [4.69, 9.17) is 11.0 Å². The van der Waals surface area contributed by atoms with E-state index in [2.05, 4.69) is 4.98 Å². The van der Waals surface area contributed by atoms with Crippen molar-refractivity contribution in [2.75, 3.05) is 5.73 Å². The number of hydrogen-bond donors (Lipinski definition) is 1. The minimum absolute atomic E-state index is 0.532. The third-order valence-corrected chi connectivity index (χ3v) is 1.49. The lowest BCUT2D eigenvalue weighted by atomic mass is 10.2. The number of nitrogens with two attached hydrogens (primary N) is 1. The average molecular weight is 159 g/mol. The van der Waals surface area contributed by atoms with Gasteiger partial charge in [0.15, 0.2) is 0 Å². The number of allylic oxidation sites excluding steroid dienone is 1. The van der Waals surface area contributed by atoms with Crippen molar-refractivity contribution in [3.05, 3.63) is 29.5 Å². The molecule has 60 valence electrons. The van der Waals surface area contributed by atoms with Gasteiger partial charge in [-0.15, -0.1) is 0 Å². The second-order valence-corrected chi connectivity index (χ2v) is 2.43. The summed E-state index contributed by atoms with van der Waals surface area (Å²) in [5.41, 5.74) is 7.34. The van der Waals surface area contributed by atoms with Crippen molar-refractivity contribution < 1.29 is 0 Å². The molecule has 0 amide bonds. The predicted molar refractivity (Wildman–Crippen MR) is 48.0 cm³/mol. The van der Waals surface area contributed by atoms with Gasteiger partial charge in [-0.1, -0.05) is 0 Å². The molecule has 3 heteroatoms. The molecule has 0 aliphatic carbocycles. The van der Waals surface area contributed by atoms with Crippen LogP contribution < -0.4 is 5.73 Å². The van der Waals surface area contributed by atoms with Crippen LogP contribution in [0.1, 0.15) is 11.1 Å². The van der Waals surface area contributed by atoms with Crippen molar-refractivity contribution in [2.24, 2.45) is 0 Å². The van der Waals surface area contributed by atoms with Crippen LogP contribution in [0.3, 0.4) is 0 Å². The van der Waals surface area contributed by atoms with Gasteiger partial charge >= 0.3 is 0 Å². The lowest BCUT2D eigenvalue weighted by molar-refractivity contribution is 1.27. The molecular weight excluding hydrogens is 150 g/mol. The van der Waals surface area contributed by atoms with E-state index in [0.29, 0.717) is 5.82 Å². The third-order valence-electron chi connectivity index (χ3n) is 1.49. The number of pyridine rings is 1. The smallest absolute Gasteiger partial charge is 0.126 e. The molecule has 0 saturated heterocycles. The predicted octanol–water partition coefficient (Wildman–Crippen LogP) is 1.51. The monoisotopic (exact) mass is 159 g/mol. The van der Waals surface area contributed by atoms with Gasteiger partial charge in [0.1, 0.15) is 5.82 Å². The Morgan fingerprint density at radius 2 is 2.42 bits per heavy atom. The van der Waals surface area contributed by atoms with Crippen LogP contribution in [0.5, 0.6) is 0 Å². The van der Waals surface area contributed by atoms with E-state index in [1.165, 1.54) is 6.08 Å². The van der Waals surface area contributed by atoms with Gasteiger partial charge in [-0.3, -0.25) is 0 Å². The largest absolute Gasteiger partial charge is 0.383 e. The molecule has 0 aliphatic heterocycles. The lowest BCUT2D eigenvalue weighted by Gasteiger charge is -1.98. The molecule has 0 radical (unpaired) electrons. The summed E-state index contributed by atoms with van der Waals surface area (Å²) in [4.78, 5) is 3.95. The molecule has 0 aromatic carbocycles. The molecule has 1 heterocycles. The number of nitrogen functional groups attached to an aromatic ring is 1. The highest BCUT2D eigenvalue weighted by atomic mass is 14.8. The summed E-state index contributed by atoms with van der Waals surface area (Å²) in [6.45, 7) is 1.88. The molecule has 3 nitrogen and oxygen atoms in total. The summed E-state index contributed by atoms with van der Waals surface area (Å²) < 4.78 is 0. The van der Waals surface area contributed by atoms with Gasteiger partial charge in [0.25, 0.3) is 0 Å². The van der Waals surface area contributed by atoms with Gasteiger partial charge in [0, 0.05) is 12.3 Å². The van der Waals surface area contributed by atoms with E-state index in [-0.39, 0.29) is 0 Å². The fraction of sp³-hybridized carbons (Fsp3) is 0.111. The van der Waals surface area contributed by atoms with Crippen LogP contribution in [-0.4, -0.2) is 4.98 Å². The van der Waals surface area contributed by atoms with Gasteiger partial charge < -0.3 is 5.73 Å². The molecule has 1 aromatic rings. The highest BCUT2D eigenvalue weighted by Crippen LogP contribution is 2.09. The molecule has 0 aliphatic rings. The van der Waals surface area contributed by atoms with Gasteiger partial charge in [-0.05, 0) is 30.2 Å². The first-order valence-electron chi connectivity index (χ1n) is 3.52. The fourth-order valence-corrected chi connectivity index (χ4v) is 0.832. The molecule has 0 fully saturated rings. The Morgan fingerprint density at radius 1 is 1.67 bits per heavy atom. The summed E-state index contributed by atoms with van der Waals surface area (Å²) in [7, 11) is 0. The van der Waals surface area contributed by atoms with E-state index in [1.54, 1.807) is 12.3 Å². The number of anilines is 1. The number of aryl methyl sites for hydroxylation is 1. The zero-order valence-electron chi connectivity index (χ0n) is 6.78. The van der Waals surface area contributed by atoms with Gasteiger partial charge in [-0.2, -0.15) is 5.26 Å². The van der Waals surface area contributed by atoms with Crippen LogP contribution in [0.25, 0.3) is 6.08 Å². The fourth-order valence-electron chi connectivity index (χ4n) is 0.832. The summed E-state index contributed by atoms with van der Waals surface area (Å²) in [5.74, 6) is 0.532. The van der Waals surface area contributed by atoms with Gasteiger partial charge in [0.05, 0.1) is 6.07 Å². The van der Waals surface area contributed by atoms with E-state index in [1.807, 2.05) is 19.1 Å². The second-order valence-electron chi connectivity index (χ2n) is 2.43. The number of nitriles is 1. The Kier molecular flexibility index (Phi) is 2.44. The normalized spacial score (nSPS) is 10.0. The molecule has 0 bridgehead atoms. The van der Waals surface area contributed by atoms with Crippen molar-refractivity contribution in [1.29, 1.82) is 5.26 Å². The molecular formula is C9H9N3. The van der Waals surface area contributed by atoms with E-state index >= 15 is 0 Å². The highest BCUT2D eigenvalue weighted by Gasteiger charge is 1.93. The van der Waals surface area contributed by atoms with Crippen molar-refractivity contribution in [2.45, 2.75) is 6.92 Å². The molecule has 0 unspecified atom stereocenters. The van der Waals surface area contributed by atoms with Crippen molar-refractivity contribution >= 4 is 11.9 Å². The molecule has 0 spiro atoms. The third kappa shape index (κ3) is 1.83. The molecule has 12 heavy (non-hydrogen) atoms. The molecule has 1 aromatic heterocycles. The van der Waals surface area contributed by atoms with Crippen molar-refractivity contribution in [1.82, 2.24) is 4.98 Å². The topological polar surface area (TPSA) is 62.7 Å². The van der Waals surface area contributed by atoms with E-state index in [9.17, 15) is 0 Å². The number of nitrogens with zero attached hydrogens (tertiary/aromatic N) is 2. The maximum atomic E-state index is 8.27. The minimum atomic E-state index is 0.532. The first kappa shape index (κ1) is 8.28. The Hall–Kier alpha value is -1.82. The molecule has 0 atom stereocenters. The first-order chi connectivity index (χ1) is 5.74. The quantitative estimate of drug-likeness (QED) is 0.632. The Balaban J connectivity index is 2.99. The van der Waals surface area contributed by atoms with Crippen LogP contribution in [0.15, 0.2) is 18.3 Å². The number of rotatable bonds is 1. The van der Waals surface area contributed by atoms with E-state index in [0.717, 1.165) is 11.1 Å². The summed E-state index contributed by atoms with van der Waals surface area (Å²) in [6.07, 6.45) is 4.74. The lowest BCUT2D eigenvalue weighted by Crippen LogP contribution is -1.93. The summed E-state index contributed by atoms with van der Waals surface area (Å²) >= 11 is 0. The molecule has 2 N–H and O–H groups in total. The van der Waals surface area contributed by atoms with Gasteiger partial charge in [-0.25, -0.2) is 4.98 Å². The summed E-state index contributed by atoms with van der Waals surface area (Å²) in [6, 6.07) is 3.80.